The zero-order chi connectivity index (χ0) is 25.3. The molecule has 1 heterocycles. The Morgan fingerprint density at radius 1 is 0.722 bits per heavy atom. The highest BCUT2D eigenvalue weighted by Gasteiger charge is 2.24. The van der Waals surface area contributed by atoms with E-state index < -0.39 is 0 Å². The number of hydrogen-bond donors (Lipinski definition) is 2. The molecule has 7 nitrogen and oxygen atoms in total. The van der Waals surface area contributed by atoms with E-state index in [2.05, 4.69) is 27.8 Å². The molecule has 2 N–H and O–H groups in total. The van der Waals surface area contributed by atoms with Crippen LogP contribution in [0.2, 0.25) is 0 Å². The van der Waals surface area contributed by atoms with E-state index >= 15 is 0 Å². The highest BCUT2D eigenvalue weighted by atomic mass is 16.5. The van der Waals surface area contributed by atoms with Crippen LogP contribution in [0.3, 0.4) is 0 Å². The van der Waals surface area contributed by atoms with Gasteiger partial charge in [-0.3, -0.25) is 0 Å². The second-order valence-electron chi connectivity index (χ2n) is 7.90. The number of anilines is 2. The first-order chi connectivity index (χ1) is 17.7. The van der Waals surface area contributed by atoms with Gasteiger partial charge in [0.15, 0.2) is 0 Å². The molecule has 0 fully saturated rings. The van der Waals surface area contributed by atoms with E-state index in [0.29, 0.717) is 47.4 Å². The minimum atomic E-state index is 0.249. The van der Waals surface area contributed by atoms with Crippen LogP contribution in [0.25, 0.3) is 11.1 Å². The second-order valence-corrected chi connectivity index (χ2v) is 7.90. The van der Waals surface area contributed by atoms with Crippen LogP contribution in [0.15, 0.2) is 78.9 Å². The summed E-state index contributed by atoms with van der Waals surface area (Å²) < 4.78 is 11.0. The van der Waals surface area contributed by atoms with Gasteiger partial charge in [-0.1, -0.05) is 60.7 Å². The number of methoxy groups -OCH3 is 2. The van der Waals surface area contributed by atoms with E-state index in [-0.39, 0.29) is 11.1 Å². The van der Waals surface area contributed by atoms with Crippen LogP contribution in [0.4, 0.5) is 11.6 Å². The molecule has 0 aliphatic carbocycles. The van der Waals surface area contributed by atoms with Crippen LogP contribution in [-0.2, 0) is 13.1 Å². The lowest BCUT2D eigenvalue weighted by Gasteiger charge is -2.19. The number of nitrogens with zero attached hydrogens (tertiary/aromatic N) is 3. The fourth-order valence-corrected chi connectivity index (χ4v) is 3.90. The predicted octanol–water partition coefficient (Wildman–Crippen LogP) is 5.73. The van der Waals surface area contributed by atoms with Crippen molar-refractivity contribution in [3.05, 3.63) is 101 Å². The van der Waals surface area contributed by atoms with Crippen molar-refractivity contribution in [3.63, 3.8) is 0 Å². The molecule has 0 aliphatic rings. The first kappa shape index (κ1) is 24.1. The Morgan fingerprint density at radius 2 is 1.25 bits per heavy atom. The number of ether oxygens (including phenoxy) is 2. The summed E-state index contributed by atoms with van der Waals surface area (Å²) in [7, 11) is 3.11. The first-order valence-electron chi connectivity index (χ1n) is 11.3. The maximum absolute atomic E-state index is 10.2. The van der Waals surface area contributed by atoms with Crippen molar-refractivity contribution < 1.29 is 9.47 Å². The van der Waals surface area contributed by atoms with Crippen LogP contribution < -0.4 is 20.1 Å². The zero-order valence-electron chi connectivity index (χ0n) is 20.1. The lowest BCUT2D eigenvalue weighted by molar-refractivity contribution is 0.404. The van der Waals surface area contributed by atoms with Crippen LogP contribution in [0.5, 0.6) is 11.5 Å². The fourth-order valence-electron chi connectivity index (χ4n) is 3.90. The van der Waals surface area contributed by atoms with Crippen molar-refractivity contribution in [2.45, 2.75) is 13.1 Å². The predicted molar refractivity (Wildman–Crippen MR) is 140 cm³/mol. The van der Waals surface area contributed by atoms with E-state index in [9.17, 15) is 10.5 Å². The van der Waals surface area contributed by atoms with E-state index in [1.54, 1.807) is 32.4 Å². The van der Waals surface area contributed by atoms with Crippen LogP contribution in [0, 0.1) is 22.7 Å². The Hall–Kier alpha value is -5.01. The molecule has 0 aliphatic heterocycles. The van der Waals surface area contributed by atoms with Crippen molar-refractivity contribution in [2.75, 3.05) is 24.9 Å². The van der Waals surface area contributed by atoms with Crippen molar-refractivity contribution in [1.82, 2.24) is 4.98 Å². The molecule has 0 unspecified atom stereocenters. The van der Waals surface area contributed by atoms with Crippen LogP contribution in [0.1, 0.15) is 22.3 Å². The number of pyridine rings is 1. The summed E-state index contributed by atoms with van der Waals surface area (Å²) >= 11 is 0. The average molecular weight is 476 g/mol. The van der Waals surface area contributed by atoms with Crippen molar-refractivity contribution in [3.8, 4) is 34.8 Å². The standard InChI is InChI=1S/C29H25N5O2/c1-35-22-13-14-26(36-2)23(15-22)27-24(16-30)28(32-18-20-9-5-3-6-10-20)34-29(25(27)17-31)33-19-21-11-7-4-8-12-21/h3-15H,18-19H2,1-2H3,(H2,32,33,34). The molecule has 178 valence electrons. The van der Waals surface area contributed by atoms with Gasteiger partial charge in [-0.2, -0.15) is 10.5 Å². The molecule has 7 heteroatoms. The number of nitrogens with one attached hydrogen (secondary N) is 2. The van der Waals surface area contributed by atoms with E-state index in [4.69, 9.17) is 9.47 Å². The maximum Gasteiger partial charge on any atom is 0.147 e. The summed E-state index contributed by atoms with van der Waals surface area (Å²) in [4.78, 5) is 4.69. The third-order valence-corrected chi connectivity index (χ3v) is 5.70. The Labute approximate surface area is 210 Å². The maximum atomic E-state index is 10.2. The Bertz CT molecular complexity index is 1340. The highest BCUT2D eigenvalue weighted by Crippen LogP contribution is 2.41. The molecule has 3 aromatic carbocycles. The molecule has 1 aromatic heterocycles. The first-order valence-corrected chi connectivity index (χ1v) is 11.3. The van der Waals surface area contributed by atoms with E-state index in [0.717, 1.165) is 11.1 Å². The number of nitriles is 2. The monoisotopic (exact) mass is 475 g/mol. The molecule has 0 saturated carbocycles. The largest absolute Gasteiger partial charge is 0.497 e. The zero-order valence-corrected chi connectivity index (χ0v) is 20.1. The van der Waals surface area contributed by atoms with Crippen LogP contribution in [-0.4, -0.2) is 19.2 Å². The molecule has 0 radical (unpaired) electrons. The molecule has 0 spiro atoms. The van der Waals surface area contributed by atoms with Crippen LogP contribution >= 0.6 is 0 Å². The SMILES string of the molecule is COc1ccc(OC)c(-c2c(C#N)c(NCc3ccccc3)nc(NCc3ccccc3)c2C#N)c1. The quantitative estimate of drug-likeness (QED) is 0.318. The van der Waals surface area contributed by atoms with Gasteiger partial charge in [0.2, 0.25) is 0 Å². The van der Waals surface area contributed by atoms with Gasteiger partial charge in [0, 0.05) is 24.2 Å². The molecule has 0 atom stereocenters. The lowest BCUT2D eigenvalue weighted by atomic mass is 9.94. The van der Waals surface area contributed by atoms with Gasteiger partial charge in [-0.25, -0.2) is 4.98 Å². The minimum Gasteiger partial charge on any atom is -0.497 e. The van der Waals surface area contributed by atoms with Crippen molar-refractivity contribution in [1.29, 1.82) is 10.5 Å². The second kappa shape index (κ2) is 11.4. The molecule has 4 rings (SSSR count). The summed E-state index contributed by atoms with van der Waals surface area (Å²) in [5.41, 5.74) is 3.56. The van der Waals surface area contributed by atoms with Gasteiger partial charge in [-0.05, 0) is 29.3 Å². The number of rotatable bonds is 9. The normalized spacial score (nSPS) is 10.1. The number of aromatic nitrogens is 1. The topological polar surface area (TPSA) is 103 Å². The molecular weight excluding hydrogens is 450 g/mol. The van der Waals surface area contributed by atoms with E-state index in [1.807, 2.05) is 60.7 Å². The van der Waals surface area contributed by atoms with Crippen molar-refractivity contribution in [2.24, 2.45) is 0 Å². The van der Waals surface area contributed by atoms with E-state index in [1.165, 1.54) is 0 Å². The van der Waals surface area contributed by atoms with Gasteiger partial charge < -0.3 is 20.1 Å². The fraction of sp³-hybridized carbons (Fsp3) is 0.138. The van der Waals surface area contributed by atoms with Gasteiger partial charge in [0.25, 0.3) is 0 Å². The third kappa shape index (κ3) is 5.22. The minimum absolute atomic E-state index is 0.249. The Balaban J connectivity index is 1.88. The van der Waals surface area contributed by atoms with Gasteiger partial charge in [0.1, 0.15) is 46.4 Å². The average Bonchev–Trinajstić information content (AvgIpc) is 2.94. The summed E-state index contributed by atoms with van der Waals surface area (Å²) in [6.45, 7) is 0.919. The smallest absolute Gasteiger partial charge is 0.147 e. The molecule has 4 aromatic rings. The summed E-state index contributed by atoms with van der Waals surface area (Å²) in [6.07, 6.45) is 0. The summed E-state index contributed by atoms with van der Waals surface area (Å²) in [6, 6.07) is 29.5. The van der Waals surface area contributed by atoms with Gasteiger partial charge in [0.05, 0.1) is 14.2 Å². The third-order valence-electron chi connectivity index (χ3n) is 5.70. The van der Waals surface area contributed by atoms with Crippen molar-refractivity contribution >= 4 is 11.6 Å². The summed E-state index contributed by atoms with van der Waals surface area (Å²) in [5.74, 6) is 1.83. The molecule has 0 amide bonds. The number of hydrogen-bond acceptors (Lipinski definition) is 7. The molecular formula is C29H25N5O2. The lowest BCUT2D eigenvalue weighted by Crippen LogP contribution is -2.11. The Morgan fingerprint density at radius 3 is 1.69 bits per heavy atom. The number of benzene rings is 3. The van der Waals surface area contributed by atoms with Gasteiger partial charge in [-0.15, -0.1) is 0 Å². The molecule has 0 bridgehead atoms. The highest BCUT2D eigenvalue weighted by molar-refractivity contribution is 5.88. The molecule has 36 heavy (non-hydrogen) atoms. The Kier molecular flexibility index (Phi) is 7.65. The molecule has 0 saturated heterocycles. The summed E-state index contributed by atoms with van der Waals surface area (Å²) in [5, 5.41) is 27.1. The van der Waals surface area contributed by atoms with Gasteiger partial charge >= 0.3 is 0 Å².